The molecule has 2 aromatic rings. The number of ether oxygens (including phenoxy) is 1. The van der Waals surface area contributed by atoms with Crippen LogP contribution in [0.2, 0.25) is 0 Å². The fourth-order valence-corrected chi connectivity index (χ4v) is 2.32. The molecule has 0 aliphatic rings. The number of aryl methyl sites for hydroxylation is 1. The molecule has 0 amide bonds. The molecule has 98 valence electrons. The standard InChI is InChI=1S/C12H18N4OS/c1-10-15-6-11(5-13-3-4-17-2)16(10)8-12-7-14-9-18-12/h6-7,9,13H,3-5,8H2,1-2H3. The van der Waals surface area contributed by atoms with Crippen molar-refractivity contribution in [1.29, 1.82) is 0 Å². The van der Waals surface area contributed by atoms with Crippen molar-refractivity contribution < 1.29 is 4.74 Å². The van der Waals surface area contributed by atoms with Gasteiger partial charge in [0.2, 0.25) is 0 Å². The molecule has 0 radical (unpaired) electrons. The molecule has 1 N–H and O–H groups in total. The number of thiazole rings is 1. The predicted molar refractivity (Wildman–Crippen MR) is 71.8 cm³/mol. The van der Waals surface area contributed by atoms with Gasteiger partial charge in [-0.3, -0.25) is 4.98 Å². The van der Waals surface area contributed by atoms with Crippen LogP contribution in [0.4, 0.5) is 0 Å². The van der Waals surface area contributed by atoms with Crippen LogP contribution in [0.3, 0.4) is 0 Å². The van der Waals surface area contributed by atoms with Crippen molar-refractivity contribution in [1.82, 2.24) is 19.9 Å². The van der Waals surface area contributed by atoms with Crippen LogP contribution < -0.4 is 5.32 Å². The summed E-state index contributed by atoms with van der Waals surface area (Å²) in [5.41, 5.74) is 3.05. The van der Waals surface area contributed by atoms with Gasteiger partial charge < -0.3 is 14.6 Å². The first kappa shape index (κ1) is 13.2. The second-order valence-corrected chi connectivity index (χ2v) is 4.99. The molecule has 2 aromatic heterocycles. The van der Waals surface area contributed by atoms with Crippen LogP contribution in [0.5, 0.6) is 0 Å². The van der Waals surface area contributed by atoms with Crippen LogP contribution in [0, 0.1) is 6.92 Å². The summed E-state index contributed by atoms with van der Waals surface area (Å²) in [4.78, 5) is 9.72. The number of nitrogens with one attached hydrogen (secondary N) is 1. The van der Waals surface area contributed by atoms with Crippen LogP contribution in [-0.2, 0) is 17.8 Å². The van der Waals surface area contributed by atoms with Gasteiger partial charge >= 0.3 is 0 Å². The molecule has 0 bridgehead atoms. The third-order valence-electron chi connectivity index (χ3n) is 2.72. The van der Waals surface area contributed by atoms with E-state index in [1.807, 2.05) is 24.8 Å². The van der Waals surface area contributed by atoms with Gasteiger partial charge in [-0.1, -0.05) is 0 Å². The Bertz CT molecular complexity index is 466. The van der Waals surface area contributed by atoms with Crippen molar-refractivity contribution in [2.45, 2.75) is 20.0 Å². The lowest BCUT2D eigenvalue weighted by Gasteiger charge is -2.09. The molecule has 0 atom stereocenters. The highest BCUT2D eigenvalue weighted by Gasteiger charge is 2.07. The Morgan fingerprint density at radius 3 is 3.06 bits per heavy atom. The number of methoxy groups -OCH3 is 1. The van der Waals surface area contributed by atoms with Crippen LogP contribution >= 0.6 is 11.3 Å². The van der Waals surface area contributed by atoms with Crippen molar-refractivity contribution in [2.24, 2.45) is 0 Å². The zero-order chi connectivity index (χ0) is 12.8. The molecule has 0 spiro atoms. The van der Waals surface area contributed by atoms with Gasteiger partial charge in [0.25, 0.3) is 0 Å². The lowest BCUT2D eigenvalue weighted by atomic mass is 10.4. The molecular formula is C12H18N4OS. The number of hydrogen-bond acceptors (Lipinski definition) is 5. The average molecular weight is 266 g/mol. The number of aromatic nitrogens is 3. The third kappa shape index (κ3) is 3.38. The van der Waals surface area contributed by atoms with Crippen molar-refractivity contribution in [3.63, 3.8) is 0 Å². The summed E-state index contributed by atoms with van der Waals surface area (Å²) in [6.45, 7) is 5.25. The van der Waals surface area contributed by atoms with Gasteiger partial charge in [-0.25, -0.2) is 4.98 Å². The van der Waals surface area contributed by atoms with E-state index < -0.39 is 0 Å². The maximum absolute atomic E-state index is 5.01. The van der Waals surface area contributed by atoms with E-state index in [9.17, 15) is 0 Å². The van der Waals surface area contributed by atoms with Crippen molar-refractivity contribution >= 4 is 11.3 Å². The smallest absolute Gasteiger partial charge is 0.106 e. The molecule has 2 rings (SSSR count). The molecule has 0 saturated carbocycles. The summed E-state index contributed by atoms with van der Waals surface area (Å²) in [5, 5.41) is 3.34. The van der Waals surface area contributed by atoms with E-state index in [4.69, 9.17) is 4.74 Å². The Morgan fingerprint density at radius 2 is 2.33 bits per heavy atom. The fraction of sp³-hybridized carbons (Fsp3) is 0.500. The number of hydrogen-bond donors (Lipinski definition) is 1. The Balaban J connectivity index is 1.98. The van der Waals surface area contributed by atoms with Crippen LogP contribution in [0.1, 0.15) is 16.4 Å². The first-order valence-electron chi connectivity index (χ1n) is 5.89. The van der Waals surface area contributed by atoms with E-state index in [1.165, 1.54) is 10.6 Å². The Hall–Kier alpha value is -1.24. The zero-order valence-corrected chi connectivity index (χ0v) is 11.5. The largest absolute Gasteiger partial charge is 0.383 e. The van der Waals surface area contributed by atoms with Gasteiger partial charge in [0.05, 0.1) is 24.4 Å². The summed E-state index contributed by atoms with van der Waals surface area (Å²) in [5.74, 6) is 1.03. The van der Waals surface area contributed by atoms with Gasteiger partial charge in [0.1, 0.15) is 5.82 Å². The Morgan fingerprint density at radius 1 is 1.44 bits per heavy atom. The zero-order valence-electron chi connectivity index (χ0n) is 10.7. The second-order valence-electron chi connectivity index (χ2n) is 4.02. The van der Waals surface area contributed by atoms with Gasteiger partial charge in [0.15, 0.2) is 0 Å². The molecule has 0 fully saturated rings. The topological polar surface area (TPSA) is 52.0 Å². The monoisotopic (exact) mass is 266 g/mol. The van der Waals surface area contributed by atoms with E-state index in [1.54, 1.807) is 18.4 Å². The van der Waals surface area contributed by atoms with Gasteiger partial charge in [-0.05, 0) is 6.92 Å². The van der Waals surface area contributed by atoms with E-state index in [0.29, 0.717) is 0 Å². The summed E-state index contributed by atoms with van der Waals surface area (Å²) in [6.07, 6.45) is 3.84. The average Bonchev–Trinajstić information content (AvgIpc) is 2.99. The summed E-state index contributed by atoms with van der Waals surface area (Å²) < 4.78 is 7.22. The summed E-state index contributed by atoms with van der Waals surface area (Å²) >= 11 is 1.67. The SMILES string of the molecule is COCCNCc1cnc(C)n1Cc1cncs1. The fourth-order valence-electron chi connectivity index (χ4n) is 1.74. The van der Waals surface area contributed by atoms with E-state index >= 15 is 0 Å². The minimum absolute atomic E-state index is 0.724. The summed E-state index contributed by atoms with van der Waals surface area (Å²) in [7, 11) is 1.71. The highest BCUT2D eigenvalue weighted by Crippen LogP contribution is 2.12. The van der Waals surface area contributed by atoms with Crippen molar-refractivity contribution in [3.8, 4) is 0 Å². The highest BCUT2D eigenvalue weighted by atomic mass is 32.1. The van der Waals surface area contributed by atoms with Crippen molar-refractivity contribution in [3.05, 3.63) is 34.3 Å². The van der Waals surface area contributed by atoms with Crippen LogP contribution in [0.15, 0.2) is 17.9 Å². The Labute approximate surface area is 111 Å². The summed E-state index contributed by atoms with van der Waals surface area (Å²) in [6, 6.07) is 0. The van der Waals surface area contributed by atoms with E-state index in [2.05, 4.69) is 19.9 Å². The lowest BCUT2D eigenvalue weighted by molar-refractivity contribution is 0.199. The highest BCUT2D eigenvalue weighted by molar-refractivity contribution is 7.09. The first-order valence-corrected chi connectivity index (χ1v) is 6.77. The van der Waals surface area contributed by atoms with E-state index in [0.717, 1.165) is 32.1 Å². The molecule has 0 aliphatic heterocycles. The predicted octanol–water partition coefficient (Wildman–Crippen LogP) is 1.43. The molecule has 18 heavy (non-hydrogen) atoms. The molecule has 0 aliphatic carbocycles. The minimum Gasteiger partial charge on any atom is -0.383 e. The quantitative estimate of drug-likeness (QED) is 0.770. The normalized spacial score (nSPS) is 11.0. The van der Waals surface area contributed by atoms with Crippen LogP contribution in [0.25, 0.3) is 0 Å². The maximum atomic E-state index is 5.01. The van der Waals surface area contributed by atoms with Gasteiger partial charge in [0, 0.05) is 37.5 Å². The second kappa shape index (κ2) is 6.63. The van der Waals surface area contributed by atoms with Crippen LogP contribution in [-0.4, -0.2) is 34.8 Å². The molecule has 0 saturated heterocycles. The number of rotatable bonds is 7. The number of nitrogens with zero attached hydrogens (tertiary/aromatic N) is 3. The molecule has 0 aromatic carbocycles. The number of imidazole rings is 1. The van der Waals surface area contributed by atoms with Gasteiger partial charge in [-0.2, -0.15) is 0 Å². The minimum atomic E-state index is 0.724. The molecule has 6 heteroatoms. The third-order valence-corrected chi connectivity index (χ3v) is 3.49. The molecule has 0 unspecified atom stereocenters. The lowest BCUT2D eigenvalue weighted by Crippen LogP contribution is -2.20. The van der Waals surface area contributed by atoms with E-state index in [-0.39, 0.29) is 0 Å². The Kier molecular flexibility index (Phi) is 4.86. The molecule has 5 nitrogen and oxygen atoms in total. The molecule has 2 heterocycles. The molecular weight excluding hydrogens is 248 g/mol. The maximum Gasteiger partial charge on any atom is 0.106 e. The van der Waals surface area contributed by atoms with Gasteiger partial charge in [-0.15, -0.1) is 11.3 Å². The van der Waals surface area contributed by atoms with Crippen molar-refractivity contribution in [2.75, 3.05) is 20.3 Å². The first-order chi connectivity index (χ1) is 8.81.